The molecule has 0 spiro atoms. The molecule has 0 aliphatic rings. The van der Waals surface area contributed by atoms with E-state index in [1.54, 1.807) is 6.07 Å². The molecule has 1 nitrogen and oxygen atoms in total. The molecular weight excluding hydrogens is 269 g/mol. The van der Waals surface area contributed by atoms with Gasteiger partial charge in [0.15, 0.2) is 0 Å². The van der Waals surface area contributed by atoms with Gasteiger partial charge in [0.05, 0.1) is 0 Å². The zero-order valence-corrected chi connectivity index (χ0v) is 11.3. The summed E-state index contributed by atoms with van der Waals surface area (Å²) in [7, 11) is 1.93. The van der Waals surface area contributed by atoms with E-state index < -0.39 is 0 Å². The molecule has 0 amide bonds. The van der Waals surface area contributed by atoms with Gasteiger partial charge in [-0.05, 0) is 57.1 Å². The lowest BCUT2D eigenvalue weighted by Gasteiger charge is -2.05. The van der Waals surface area contributed by atoms with Gasteiger partial charge in [-0.1, -0.05) is 27.6 Å². The average molecular weight is 286 g/mol. The van der Waals surface area contributed by atoms with Crippen LogP contribution in [0, 0.1) is 5.82 Å². The maximum atomic E-state index is 13.5. The Hall–Kier alpha value is -0.670. The van der Waals surface area contributed by atoms with E-state index >= 15 is 0 Å². The molecule has 0 atom stereocenters. The highest BCUT2D eigenvalue weighted by Crippen LogP contribution is 2.18. The molecule has 0 unspecified atom stereocenters. The first-order chi connectivity index (χ1) is 7.63. The van der Waals surface area contributed by atoms with Crippen molar-refractivity contribution in [3.05, 3.63) is 45.7 Å². The Labute approximate surface area is 105 Å². The molecule has 0 aliphatic carbocycles. The van der Waals surface area contributed by atoms with Crippen LogP contribution >= 0.6 is 15.9 Å². The summed E-state index contributed by atoms with van der Waals surface area (Å²) in [5.41, 5.74) is 1.94. The number of hydrogen-bond donors (Lipinski definition) is 1. The lowest BCUT2D eigenvalue weighted by Crippen LogP contribution is -2.06. The molecule has 88 valence electrons. The van der Waals surface area contributed by atoms with Gasteiger partial charge in [-0.3, -0.25) is 0 Å². The monoisotopic (exact) mass is 285 g/mol. The Morgan fingerprint density at radius 1 is 1.50 bits per heavy atom. The van der Waals surface area contributed by atoms with E-state index in [4.69, 9.17) is 0 Å². The minimum absolute atomic E-state index is 0.135. The second kappa shape index (κ2) is 6.81. The predicted octanol–water partition coefficient (Wildman–Crippen LogP) is 3.69. The van der Waals surface area contributed by atoms with Crippen LogP contribution in [0.2, 0.25) is 0 Å². The lowest BCUT2D eigenvalue weighted by atomic mass is 10.1. The maximum absolute atomic E-state index is 13.5. The zero-order chi connectivity index (χ0) is 12.0. The van der Waals surface area contributed by atoms with E-state index in [2.05, 4.69) is 27.3 Å². The molecule has 1 N–H and O–H groups in total. The van der Waals surface area contributed by atoms with Gasteiger partial charge in [-0.15, -0.1) is 0 Å². The van der Waals surface area contributed by atoms with E-state index in [0.29, 0.717) is 6.42 Å². The van der Waals surface area contributed by atoms with Crippen molar-refractivity contribution < 1.29 is 4.39 Å². The minimum atomic E-state index is -0.135. The number of halogens is 2. The molecule has 0 saturated heterocycles. The lowest BCUT2D eigenvalue weighted by molar-refractivity contribution is 0.613. The summed E-state index contributed by atoms with van der Waals surface area (Å²) in [6.07, 6.45) is 3.81. The quantitative estimate of drug-likeness (QED) is 0.643. The third-order valence-electron chi connectivity index (χ3n) is 2.36. The van der Waals surface area contributed by atoms with Crippen LogP contribution in [0.4, 0.5) is 4.39 Å². The van der Waals surface area contributed by atoms with E-state index in [1.807, 2.05) is 20.0 Å². The predicted molar refractivity (Wildman–Crippen MR) is 70.1 cm³/mol. The minimum Gasteiger partial charge on any atom is -0.319 e. The van der Waals surface area contributed by atoms with Crippen LogP contribution in [-0.4, -0.2) is 13.6 Å². The number of nitrogens with one attached hydrogen (secondary N) is 1. The van der Waals surface area contributed by atoms with Crippen molar-refractivity contribution >= 4 is 15.9 Å². The van der Waals surface area contributed by atoms with E-state index in [1.165, 1.54) is 11.6 Å². The fourth-order valence-electron chi connectivity index (χ4n) is 1.51. The molecular formula is C13H17BrFN. The Morgan fingerprint density at radius 3 is 2.94 bits per heavy atom. The molecule has 3 heteroatoms. The first kappa shape index (κ1) is 13.4. The number of hydrogen-bond acceptors (Lipinski definition) is 1. The largest absolute Gasteiger partial charge is 0.319 e. The summed E-state index contributed by atoms with van der Waals surface area (Å²) in [6, 6.07) is 5.06. The van der Waals surface area contributed by atoms with Crippen LogP contribution < -0.4 is 5.32 Å². The van der Waals surface area contributed by atoms with E-state index in [-0.39, 0.29) is 5.82 Å². The molecule has 0 saturated carbocycles. The van der Waals surface area contributed by atoms with Crippen LogP contribution in [0.25, 0.3) is 0 Å². The Morgan fingerprint density at radius 2 is 2.25 bits per heavy atom. The van der Waals surface area contributed by atoms with Gasteiger partial charge in [0.2, 0.25) is 0 Å². The van der Waals surface area contributed by atoms with E-state index in [9.17, 15) is 4.39 Å². The van der Waals surface area contributed by atoms with Crippen molar-refractivity contribution in [2.75, 3.05) is 13.6 Å². The normalized spacial score (nSPS) is 11.9. The molecule has 0 fully saturated rings. The van der Waals surface area contributed by atoms with Crippen molar-refractivity contribution in [1.82, 2.24) is 5.32 Å². The molecule has 1 aromatic rings. The summed E-state index contributed by atoms with van der Waals surface area (Å²) < 4.78 is 14.4. The average Bonchev–Trinajstić information content (AvgIpc) is 2.24. The van der Waals surface area contributed by atoms with Gasteiger partial charge < -0.3 is 5.32 Å². The Kier molecular flexibility index (Phi) is 5.71. The fraction of sp³-hybridized carbons (Fsp3) is 0.385. The number of rotatable bonds is 5. The van der Waals surface area contributed by atoms with Crippen LogP contribution in [0.5, 0.6) is 0 Å². The molecule has 1 rings (SSSR count). The summed E-state index contributed by atoms with van der Waals surface area (Å²) in [4.78, 5) is 0. The fourth-order valence-corrected chi connectivity index (χ4v) is 1.92. The summed E-state index contributed by atoms with van der Waals surface area (Å²) in [5, 5.41) is 3.08. The molecule has 0 aliphatic heterocycles. The SMILES string of the molecule is CNCCC=C(C)Cc1cc(Br)ccc1F. The van der Waals surface area contributed by atoms with Crippen LogP contribution in [0.3, 0.4) is 0 Å². The Balaban J connectivity index is 2.65. The molecule has 16 heavy (non-hydrogen) atoms. The number of allylic oxidation sites excluding steroid dienone is 1. The van der Waals surface area contributed by atoms with Gasteiger partial charge in [-0.2, -0.15) is 0 Å². The van der Waals surface area contributed by atoms with E-state index in [0.717, 1.165) is 23.0 Å². The standard InChI is InChI=1S/C13H17BrFN/c1-10(4-3-7-16-2)8-11-9-12(14)5-6-13(11)15/h4-6,9,16H,3,7-8H2,1-2H3. The number of benzene rings is 1. The van der Waals surface area contributed by atoms with Gasteiger partial charge in [0.25, 0.3) is 0 Å². The van der Waals surface area contributed by atoms with Crippen LogP contribution in [0.15, 0.2) is 34.3 Å². The molecule has 0 aromatic heterocycles. The van der Waals surface area contributed by atoms with Crippen molar-refractivity contribution in [2.45, 2.75) is 19.8 Å². The zero-order valence-electron chi connectivity index (χ0n) is 9.69. The highest BCUT2D eigenvalue weighted by Gasteiger charge is 2.03. The second-order valence-electron chi connectivity index (χ2n) is 3.86. The van der Waals surface area contributed by atoms with Gasteiger partial charge in [-0.25, -0.2) is 4.39 Å². The van der Waals surface area contributed by atoms with Crippen molar-refractivity contribution in [3.63, 3.8) is 0 Å². The third-order valence-corrected chi connectivity index (χ3v) is 2.86. The smallest absolute Gasteiger partial charge is 0.126 e. The molecule has 0 bridgehead atoms. The van der Waals surface area contributed by atoms with Gasteiger partial charge in [0.1, 0.15) is 5.82 Å². The van der Waals surface area contributed by atoms with Crippen molar-refractivity contribution in [1.29, 1.82) is 0 Å². The summed E-state index contributed by atoms with van der Waals surface area (Å²) >= 11 is 3.35. The van der Waals surface area contributed by atoms with Crippen molar-refractivity contribution in [2.24, 2.45) is 0 Å². The highest BCUT2D eigenvalue weighted by molar-refractivity contribution is 9.10. The maximum Gasteiger partial charge on any atom is 0.126 e. The van der Waals surface area contributed by atoms with Crippen LogP contribution in [-0.2, 0) is 6.42 Å². The first-order valence-electron chi connectivity index (χ1n) is 5.37. The highest BCUT2D eigenvalue weighted by atomic mass is 79.9. The van der Waals surface area contributed by atoms with Gasteiger partial charge in [0, 0.05) is 4.47 Å². The molecule has 0 radical (unpaired) electrons. The Bertz CT molecular complexity index is 374. The topological polar surface area (TPSA) is 12.0 Å². The summed E-state index contributed by atoms with van der Waals surface area (Å²) in [5.74, 6) is -0.135. The molecule has 0 heterocycles. The van der Waals surface area contributed by atoms with Crippen molar-refractivity contribution in [3.8, 4) is 0 Å². The second-order valence-corrected chi connectivity index (χ2v) is 4.77. The molecule has 1 aromatic carbocycles. The van der Waals surface area contributed by atoms with Gasteiger partial charge >= 0.3 is 0 Å². The van der Waals surface area contributed by atoms with Crippen LogP contribution in [0.1, 0.15) is 18.9 Å². The summed E-state index contributed by atoms with van der Waals surface area (Å²) in [6.45, 7) is 2.99. The third kappa shape index (κ3) is 4.45. The first-order valence-corrected chi connectivity index (χ1v) is 6.17.